The molecule has 3 rings (SSSR count). The maximum absolute atomic E-state index is 12.8. The van der Waals surface area contributed by atoms with E-state index in [1.807, 2.05) is 30.3 Å². The summed E-state index contributed by atoms with van der Waals surface area (Å²) in [5.74, 6) is -0.532. The van der Waals surface area contributed by atoms with E-state index in [9.17, 15) is 22.8 Å². The molecule has 2 N–H and O–H groups in total. The Morgan fingerprint density at radius 3 is 2.43 bits per heavy atom. The van der Waals surface area contributed by atoms with E-state index < -0.39 is 18.4 Å². The number of nitrogens with zero attached hydrogens (tertiary/aromatic N) is 1. The highest BCUT2D eigenvalue weighted by atomic mass is 19.4. The van der Waals surface area contributed by atoms with Crippen molar-refractivity contribution in [1.82, 2.24) is 10.2 Å². The monoisotopic (exact) mass is 393 g/mol. The molecule has 148 valence electrons. The zero-order valence-electron chi connectivity index (χ0n) is 14.7. The Morgan fingerprint density at radius 1 is 1.11 bits per heavy atom. The maximum atomic E-state index is 12.8. The molecule has 2 aromatic rings. The lowest BCUT2D eigenvalue weighted by molar-refractivity contribution is -0.274. The molecule has 1 aliphatic rings. The van der Waals surface area contributed by atoms with Crippen molar-refractivity contribution < 1.29 is 27.5 Å². The van der Waals surface area contributed by atoms with Crippen LogP contribution in [0.3, 0.4) is 0 Å². The van der Waals surface area contributed by atoms with Gasteiger partial charge in [-0.15, -0.1) is 13.2 Å². The van der Waals surface area contributed by atoms with Gasteiger partial charge >= 0.3 is 12.4 Å². The third-order valence-electron chi connectivity index (χ3n) is 4.21. The first-order valence-electron chi connectivity index (χ1n) is 8.57. The molecule has 9 heteroatoms. The van der Waals surface area contributed by atoms with Gasteiger partial charge in [0, 0.05) is 18.8 Å². The number of carbonyl (C=O) groups excluding carboxylic acids is 2. The van der Waals surface area contributed by atoms with Crippen molar-refractivity contribution in [2.24, 2.45) is 0 Å². The van der Waals surface area contributed by atoms with E-state index in [4.69, 9.17) is 0 Å². The van der Waals surface area contributed by atoms with Gasteiger partial charge in [0.2, 0.25) is 5.91 Å². The number of benzene rings is 2. The average molecular weight is 393 g/mol. The summed E-state index contributed by atoms with van der Waals surface area (Å²) in [6, 6.07) is 13.1. The van der Waals surface area contributed by atoms with Gasteiger partial charge in [0.1, 0.15) is 5.75 Å². The molecular formula is C19H18F3N3O3. The Kier molecular flexibility index (Phi) is 5.72. The molecule has 3 amide bonds. The minimum atomic E-state index is -4.78. The van der Waals surface area contributed by atoms with Crippen LogP contribution >= 0.6 is 0 Å². The number of amides is 3. The summed E-state index contributed by atoms with van der Waals surface area (Å²) in [5, 5.41) is 5.39. The van der Waals surface area contributed by atoms with Crippen LogP contribution in [0.1, 0.15) is 18.0 Å². The number of halogens is 3. The summed E-state index contributed by atoms with van der Waals surface area (Å²) in [7, 11) is 0. The van der Waals surface area contributed by atoms with Crippen molar-refractivity contribution in [3.8, 4) is 5.75 Å². The number of anilines is 1. The largest absolute Gasteiger partial charge is 0.573 e. The van der Waals surface area contributed by atoms with Crippen molar-refractivity contribution in [2.45, 2.75) is 18.8 Å². The molecule has 0 bridgehead atoms. The molecule has 0 aromatic heterocycles. The smallest absolute Gasteiger partial charge is 0.406 e. The summed E-state index contributed by atoms with van der Waals surface area (Å²) in [6.07, 6.45) is -4.66. The number of alkyl halides is 3. The second kappa shape index (κ2) is 8.20. The third kappa shape index (κ3) is 5.15. The number of carbonyl (C=O) groups is 2. The number of nitrogens with one attached hydrogen (secondary N) is 2. The molecule has 1 fully saturated rings. The zero-order chi connectivity index (χ0) is 20.1. The van der Waals surface area contributed by atoms with Crippen LogP contribution in [0.5, 0.6) is 5.75 Å². The predicted octanol–water partition coefficient (Wildman–Crippen LogP) is 3.68. The molecular weight excluding hydrogens is 375 g/mol. The zero-order valence-corrected chi connectivity index (χ0v) is 14.7. The van der Waals surface area contributed by atoms with Crippen LogP contribution in [-0.2, 0) is 4.79 Å². The van der Waals surface area contributed by atoms with Gasteiger partial charge < -0.3 is 20.3 Å². The molecule has 2 aromatic carbocycles. The second-order valence-electron chi connectivity index (χ2n) is 6.18. The first-order chi connectivity index (χ1) is 13.3. The Morgan fingerprint density at radius 2 is 1.79 bits per heavy atom. The Labute approximate surface area is 159 Å². The van der Waals surface area contributed by atoms with Gasteiger partial charge in [-0.25, -0.2) is 4.79 Å². The Bertz CT molecular complexity index is 826. The van der Waals surface area contributed by atoms with Crippen LogP contribution in [-0.4, -0.2) is 36.3 Å². The molecule has 1 atom stereocenters. The number of urea groups is 1. The fourth-order valence-corrected chi connectivity index (χ4v) is 2.98. The van der Waals surface area contributed by atoms with Crippen LogP contribution in [0.4, 0.5) is 23.7 Å². The average Bonchev–Trinajstić information content (AvgIpc) is 2.84. The van der Waals surface area contributed by atoms with Gasteiger partial charge in [-0.2, -0.15) is 0 Å². The summed E-state index contributed by atoms with van der Waals surface area (Å²) in [5.41, 5.74) is 1.14. The Hall–Kier alpha value is -3.23. The lowest BCUT2D eigenvalue weighted by atomic mass is 10.0. The van der Waals surface area contributed by atoms with E-state index in [0.717, 1.165) is 17.7 Å². The summed E-state index contributed by atoms with van der Waals surface area (Å²) in [6.45, 7) is 0.611. The molecule has 6 nitrogen and oxygen atoms in total. The van der Waals surface area contributed by atoms with Gasteiger partial charge in [0.05, 0.1) is 12.5 Å². The minimum absolute atomic E-state index is 0.121. The quantitative estimate of drug-likeness (QED) is 0.836. The predicted molar refractivity (Wildman–Crippen MR) is 95.7 cm³/mol. The van der Waals surface area contributed by atoms with E-state index in [1.165, 1.54) is 17.0 Å². The van der Waals surface area contributed by atoms with E-state index in [0.29, 0.717) is 18.8 Å². The molecule has 0 unspecified atom stereocenters. The van der Waals surface area contributed by atoms with E-state index in [1.54, 1.807) is 0 Å². The molecule has 1 aliphatic heterocycles. The molecule has 0 radical (unpaired) electrons. The van der Waals surface area contributed by atoms with Crippen LogP contribution in [0, 0.1) is 0 Å². The highest BCUT2D eigenvalue weighted by Gasteiger charge is 2.31. The summed E-state index contributed by atoms with van der Waals surface area (Å²) in [4.78, 5) is 26.3. The van der Waals surface area contributed by atoms with Crippen LogP contribution in [0.25, 0.3) is 0 Å². The summed E-state index contributed by atoms with van der Waals surface area (Å²) >= 11 is 0. The van der Waals surface area contributed by atoms with Gasteiger partial charge in [-0.05, 0) is 29.8 Å². The number of hydrogen-bond donors (Lipinski definition) is 2. The molecule has 28 heavy (non-hydrogen) atoms. The normalized spacial score (nSPS) is 17.5. The van der Waals surface area contributed by atoms with Crippen molar-refractivity contribution in [1.29, 1.82) is 0 Å². The second-order valence-corrected chi connectivity index (χ2v) is 6.18. The van der Waals surface area contributed by atoms with Gasteiger partial charge in [0.25, 0.3) is 0 Å². The van der Waals surface area contributed by atoms with Crippen molar-refractivity contribution >= 4 is 17.6 Å². The molecule has 0 saturated carbocycles. The van der Waals surface area contributed by atoms with Gasteiger partial charge in [0.15, 0.2) is 0 Å². The van der Waals surface area contributed by atoms with Crippen molar-refractivity contribution in [3.05, 3.63) is 60.2 Å². The molecule has 0 aliphatic carbocycles. The number of ether oxygens (including phenoxy) is 1. The SMILES string of the molecule is O=C1C[C@@H](c2ccccc2)N(C(=O)Nc2ccc(OC(F)(F)F)cc2)CCN1. The lowest BCUT2D eigenvalue weighted by Gasteiger charge is -2.29. The fourth-order valence-electron chi connectivity index (χ4n) is 2.98. The Balaban J connectivity index is 1.74. The minimum Gasteiger partial charge on any atom is -0.406 e. The third-order valence-corrected chi connectivity index (χ3v) is 4.21. The van der Waals surface area contributed by atoms with Crippen LogP contribution < -0.4 is 15.4 Å². The molecule has 1 heterocycles. The van der Waals surface area contributed by atoms with E-state index >= 15 is 0 Å². The number of hydrogen-bond acceptors (Lipinski definition) is 3. The fraction of sp³-hybridized carbons (Fsp3) is 0.263. The topological polar surface area (TPSA) is 70.7 Å². The molecule has 0 spiro atoms. The maximum Gasteiger partial charge on any atom is 0.573 e. The molecule has 1 saturated heterocycles. The van der Waals surface area contributed by atoms with Gasteiger partial charge in [-0.1, -0.05) is 30.3 Å². The highest BCUT2D eigenvalue weighted by Crippen LogP contribution is 2.27. The van der Waals surface area contributed by atoms with Crippen LogP contribution in [0.2, 0.25) is 0 Å². The van der Waals surface area contributed by atoms with E-state index in [-0.39, 0.29) is 18.1 Å². The first-order valence-corrected chi connectivity index (χ1v) is 8.57. The summed E-state index contributed by atoms with van der Waals surface area (Å²) < 4.78 is 40.5. The van der Waals surface area contributed by atoms with Crippen molar-refractivity contribution in [2.75, 3.05) is 18.4 Å². The lowest BCUT2D eigenvalue weighted by Crippen LogP contribution is -2.39. The standard InChI is InChI=1S/C19H18F3N3O3/c20-19(21,22)28-15-8-6-14(7-9-15)24-18(27)25-11-10-23-17(26)12-16(25)13-4-2-1-3-5-13/h1-9,16H,10-12H2,(H,23,26)(H,24,27)/t16-/m0/s1. The first kappa shape index (κ1) is 19.5. The van der Waals surface area contributed by atoms with Crippen LogP contribution in [0.15, 0.2) is 54.6 Å². The van der Waals surface area contributed by atoms with Crippen molar-refractivity contribution in [3.63, 3.8) is 0 Å². The number of rotatable bonds is 3. The van der Waals surface area contributed by atoms with E-state index in [2.05, 4.69) is 15.4 Å². The highest BCUT2D eigenvalue weighted by molar-refractivity contribution is 5.90. The van der Waals surface area contributed by atoms with Gasteiger partial charge in [-0.3, -0.25) is 4.79 Å².